The average Bonchev–Trinajstić information content (AvgIpc) is 3.30. The van der Waals surface area contributed by atoms with Gasteiger partial charge < -0.3 is 15.2 Å². The number of aryl methyl sites for hydroxylation is 2. The third-order valence-electron chi connectivity index (χ3n) is 9.99. The summed E-state index contributed by atoms with van der Waals surface area (Å²) in [5, 5.41) is 13.3. The Bertz CT molecular complexity index is 2290. The summed E-state index contributed by atoms with van der Waals surface area (Å²) < 4.78 is 85.8. The van der Waals surface area contributed by atoms with E-state index in [0.717, 1.165) is 19.3 Å². The van der Waals surface area contributed by atoms with Crippen molar-refractivity contribution < 1.29 is 40.4 Å². The van der Waals surface area contributed by atoms with Gasteiger partial charge in [0.25, 0.3) is 26.1 Å². The molecule has 0 bridgehead atoms. The highest BCUT2D eigenvalue weighted by Crippen LogP contribution is 2.51. The van der Waals surface area contributed by atoms with Crippen LogP contribution in [0.25, 0.3) is 5.57 Å². The SMILES string of the molecule is C=C(O)CCCCCn1cc[n+](C)c1C1=c2cc3c(c(S(=O)(=O)O)c2Oc2c1cc1c(c2S(=O)(=O)O)NC(C)(C)CC1C)=NC(C)(C)CC3C. The van der Waals surface area contributed by atoms with E-state index >= 15 is 0 Å². The van der Waals surface area contributed by atoms with Crippen LogP contribution >= 0.6 is 0 Å². The molecule has 2 atom stereocenters. The van der Waals surface area contributed by atoms with E-state index in [0.29, 0.717) is 59.1 Å². The van der Waals surface area contributed by atoms with Crippen LogP contribution in [0.15, 0.2) is 51.6 Å². The molecule has 6 rings (SSSR count). The van der Waals surface area contributed by atoms with Gasteiger partial charge in [-0.3, -0.25) is 14.1 Å². The van der Waals surface area contributed by atoms with Gasteiger partial charge in [-0.15, -0.1) is 0 Å². The minimum Gasteiger partial charge on any atom is -0.513 e. The fourth-order valence-electron chi connectivity index (χ4n) is 8.15. The summed E-state index contributed by atoms with van der Waals surface area (Å²) in [6, 6.07) is 3.72. The van der Waals surface area contributed by atoms with Crippen LogP contribution in [0, 0.1) is 0 Å². The second-order valence-corrected chi connectivity index (χ2v) is 18.2. The fraction of sp³-hybridized carbons (Fsp3) is 0.500. The number of allylic oxidation sites excluding steroid dienone is 1. The molecule has 0 aliphatic carbocycles. The zero-order valence-corrected chi connectivity index (χ0v) is 31.3. The molecule has 0 spiro atoms. The molecule has 3 aliphatic rings. The highest BCUT2D eigenvalue weighted by Gasteiger charge is 2.43. The molecule has 0 fully saturated rings. The van der Waals surface area contributed by atoms with Crippen molar-refractivity contribution in [2.75, 3.05) is 5.32 Å². The predicted octanol–water partition coefficient (Wildman–Crippen LogP) is 5.39. The zero-order chi connectivity index (χ0) is 36.7. The van der Waals surface area contributed by atoms with Crippen molar-refractivity contribution in [3.63, 3.8) is 0 Å². The molecular weight excluding hydrogens is 681 g/mol. The maximum absolute atomic E-state index is 13.4. The van der Waals surface area contributed by atoms with Crippen molar-refractivity contribution in [1.82, 2.24) is 4.57 Å². The maximum Gasteiger partial charge on any atom is 0.300 e. The van der Waals surface area contributed by atoms with E-state index < -0.39 is 41.1 Å². The highest BCUT2D eigenvalue weighted by atomic mass is 32.2. The van der Waals surface area contributed by atoms with Gasteiger partial charge in [0.15, 0.2) is 21.3 Å². The van der Waals surface area contributed by atoms with Gasteiger partial charge in [-0.2, -0.15) is 16.8 Å². The van der Waals surface area contributed by atoms with E-state index in [9.17, 15) is 31.0 Å². The number of unbranched alkanes of at least 4 members (excludes halogenated alkanes) is 2. The summed E-state index contributed by atoms with van der Waals surface area (Å²) in [4.78, 5) is 3.74. The molecule has 14 heteroatoms. The number of aliphatic hydroxyl groups excluding tert-OH is 1. The van der Waals surface area contributed by atoms with Crippen molar-refractivity contribution in [3.05, 3.63) is 70.0 Å². The van der Waals surface area contributed by atoms with Gasteiger partial charge in [0.2, 0.25) is 0 Å². The normalized spacial score (nSPS) is 20.4. The minimum absolute atomic E-state index is 0.0716. The van der Waals surface area contributed by atoms with E-state index in [-0.39, 0.29) is 40.1 Å². The number of rotatable bonds is 9. The van der Waals surface area contributed by atoms with Crippen molar-refractivity contribution in [3.8, 4) is 11.5 Å². The zero-order valence-electron chi connectivity index (χ0n) is 29.7. The van der Waals surface area contributed by atoms with Gasteiger partial charge in [-0.05, 0) is 94.9 Å². The largest absolute Gasteiger partial charge is 0.513 e. The molecule has 0 radical (unpaired) electrons. The second-order valence-electron chi connectivity index (χ2n) is 15.4. The maximum atomic E-state index is 13.4. The first-order valence-corrected chi connectivity index (χ1v) is 19.8. The standard InChI is InChI=1S/C36H46N4O8S2/c1-20-18-35(4,5)37-28-23(20)16-25-27(34-39(8)14-15-40(34)13-11-9-10-12-22(3)41)26-17-24-21(2)19-36(6,7)38-29(24)33(50(45,46)47)31(26)48-30(25)32(28)49(42,43)44/h14-17,20-21H,3,9-13,18-19H2,1-2,4-8H3,(H3-,37,38,41,42,43,44,45,46,47)/p+1. The first kappa shape index (κ1) is 36.1. The van der Waals surface area contributed by atoms with E-state index in [2.05, 4.69) is 11.9 Å². The highest BCUT2D eigenvalue weighted by molar-refractivity contribution is 7.86. The lowest BCUT2D eigenvalue weighted by Gasteiger charge is -2.39. The van der Waals surface area contributed by atoms with Crippen LogP contribution in [0.4, 0.5) is 5.69 Å². The van der Waals surface area contributed by atoms with Gasteiger partial charge in [-0.1, -0.05) is 20.4 Å². The number of nitrogens with one attached hydrogen (secondary N) is 1. The second kappa shape index (κ2) is 12.2. The summed E-state index contributed by atoms with van der Waals surface area (Å²) in [6.45, 7) is 15.7. The summed E-state index contributed by atoms with van der Waals surface area (Å²) >= 11 is 0. The Hall–Kier alpha value is -3.72. The number of aliphatic hydroxyl groups is 1. The van der Waals surface area contributed by atoms with Crippen molar-refractivity contribution in [2.24, 2.45) is 12.0 Å². The predicted molar refractivity (Wildman–Crippen MR) is 189 cm³/mol. The topological polar surface area (TPSA) is 171 Å². The lowest BCUT2D eigenvalue weighted by molar-refractivity contribution is -0.673. The number of hydrogen-bond acceptors (Lipinski definition) is 8. The number of ether oxygens (including phenoxy) is 1. The molecule has 4 heterocycles. The number of imidazole rings is 1. The van der Waals surface area contributed by atoms with Crippen molar-refractivity contribution >= 4 is 31.5 Å². The molecule has 12 nitrogen and oxygen atoms in total. The molecule has 3 aromatic rings. The minimum atomic E-state index is -5.00. The Morgan fingerprint density at radius 1 is 1.00 bits per heavy atom. The number of nitrogens with zero attached hydrogens (tertiary/aromatic N) is 3. The molecule has 2 aromatic carbocycles. The molecule has 0 saturated heterocycles. The number of hydrogen-bond donors (Lipinski definition) is 4. The average molecular weight is 728 g/mol. The molecule has 4 N–H and O–H groups in total. The molecule has 1 aromatic heterocycles. The quantitative estimate of drug-likeness (QED) is 0.0764. The Morgan fingerprint density at radius 2 is 1.66 bits per heavy atom. The van der Waals surface area contributed by atoms with E-state index in [1.165, 1.54) is 0 Å². The molecule has 50 heavy (non-hydrogen) atoms. The van der Waals surface area contributed by atoms with Crippen LogP contribution in [-0.4, -0.2) is 46.7 Å². The van der Waals surface area contributed by atoms with Crippen LogP contribution < -0.4 is 25.2 Å². The van der Waals surface area contributed by atoms with Gasteiger partial charge >= 0.3 is 0 Å². The van der Waals surface area contributed by atoms with Crippen LogP contribution in [-0.2, 0) is 33.8 Å². The Kier molecular flexibility index (Phi) is 8.81. The Labute approximate surface area is 293 Å². The summed E-state index contributed by atoms with van der Waals surface area (Å²) in [6.07, 6.45) is 7.88. The van der Waals surface area contributed by atoms with E-state index in [1.807, 2.05) is 82.3 Å². The number of aromatic nitrogens is 2. The Morgan fingerprint density at radius 3 is 2.30 bits per heavy atom. The van der Waals surface area contributed by atoms with Crippen molar-refractivity contribution in [2.45, 2.75) is 119 Å². The van der Waals surface area contributed by atoms with E-state index in [4.69, 9.17) is 9.73 Å². The van der Waals surface area contributed by atoms with Crippen LogP contribution in [0.1, 0.15) is 114 Å². The van der Waals surface area contributed by atoms with Gasteiger partial charge in [0, 0.05) is 22.7 Å². The van der Waals surface area contributed by atoms with Crippen molar-refractivity contribution in [1.29, 1.82) is 0 Å². The first-order valence-electron chi connectivity index (χ1n) is 16.9. The number of anilines is 1. The summed E-state index contributed by atoms with van der Waals surface area (Å²) in [5.74, 6) is 0.0160. The Balaban J connectivity index is 1.77. The van der Waals surface area contributed by atoms with E-state index in [1.54, 1.807) is 0 Å². The number of benzene rings is 2. The molecule has 3 aliphatic heterocycles. The van der Waals surface area contributed by atoms with Crippen LogP contribution in [0.5, 0.6) is 11.5 Å². The fourth-order valence-corrected chi connectivity index (χ4v) is 9.76. The first-order chi connectivity index (χ1) is 23.1. The van der Waals surface area contributed by atoms with Gasteiger partial charge in [-0.25, -0.2) is 9.13 Å². The molecule has 2 unspecified atom stereocenters. The lowest BCUT2D eigenvalue weighted by atomic mass is 9.80. The lowest BCUT2D eigenvalue weighted by Crippen LogP contribution is -2.40. The number of fused-ring (bicyclic) bond motifs is 4. The smallest absolute Gasteiger partial charge is 0.300 e. The molecular formula is C36H47N4O8S2+. The third-order valence-corrected chi connectivity index (χ3v) is 11.8. The van der Waals surface area contributed by atoms with Crippen LogP contribution in [0.2, 0.25) is 0 Å². The summed E-state index contributed by atoms with van der Waals surface area (Å²) in [7, 11) is -8.12. The molecule has 0 saturated carbocycles. The molecule has 0 amide bonds. The van der Waals surface area contributed by atoms with Gasteiger partial charge in [0.05, 0.1) is 41.5 Å². The van der Waals surface area contributed by atoms with Gasteiger partial charge in [0.1, 0.15) is 12.4 Å². The third kappa shape index (κ3) is 6.46. The monoisotopic (exact) mass is 727 g/mol. The molecule has 270 valence electrons. The van der Waals surface area contributed by atoms with Crippen LogP contribution in [0.3, 0.4) is 0 Å². The summed E-state index contributed by atoms with van der Waals surface area (Å²) in [5.41, 5.74) is 1.14.